The maximum atomic E-state index is 12.7. The topological polar surface area (TPSA) is 76.7 Å². The highest BCUT2D eigenvalue weighted by atomic mass is 16.5. The van der Waals surface area contributed by atoms with Crippen LogP contribution in [-0.4, -0.2) is 32.6 Å². The lowest BCUT2D eigenvalue weighted by Gasteiger charge is -2.13. The minimum Gasteiger partial charge on any atom is -0.495 e. The third kappa shape index (κ3) is 6.43. The molecule has 0 bridgehead atoms. The Morgan fingerprint density at radius 1 is 0.812 bits per heavy atom. The molecule has 0 aliphatic carbocycles. The van der Waals surface area contributed by atoms with Crippen molar-refractivity contribution in [3.63, 3.8) is 0 Å². The summed E-state index contributed by atoms with van der Waals surface area (Å²) < 4.78 is 10.3. The summed E-state index contributed by atoms with van der Waals surface area (Å²) in [6.07, 6.45) is 1.94. The van der Waals surface area contributed by atoms with Crippen molar-refractivity contribution in [2.75, 3.05) is 31.5 Å². The number of carbonyl (C=O) groups is 2. The zero-order valence-electron chi connectivity index (χ0n) is 18.4. The molecular formula is C26H28N2O4. The summed E-state index contributed by atoms with van der Waals surface area (Å²) >= 11 is 0. The summed E-state index contributed by atoms with van der Waals surface area (Å²) in [6, 6.07) is 22.6. The fourth-order valence-electron chi connectivity index (χ4n) is 3.28. The quantitative estimate of drug-likeness (QED) is 0.422. The van der Waals surface area contributed by atoms with Crippen molar-refractivity contribution in [3.05, 3.63) is 78.4 Å². The van der Waals surface area contributed by atoms with Gasteiger partial charge in [0.2, 0.25) is 5.91 Å². The number of amides is 2. The Morgan fingerprint density at radius 2 is 1.53 bits per heavy atom. The van der Waals surface area contributed by atoms with Gasteiger partial charge in [0.05, 0.1) is 12.8 Å². The highest BCUT2D eigenvalue weighted by molar-refractivity contribution is 6.05. The van der Waals surface area contributed by atoms with Crippen LogP contribution in [0.5, 0.6) is 5.75 Å². The number of unbranched alkanes of at least 4 members (excludes halogenated alkanes) is 1. The van der Waals surface area contributed by atoms with Crippen LogP contribution >= 0.6 is 0 Å². The first kappa shape index (κ1) is 23.0. The molecule has 6 nitrogen and oxygen atoms in total. The number of benzene rings is 3. The van der Waals surface area contributed by atoms with E-state index < -0.39 is 0 Å². The van der Waals surface area contributed by atoms with Crippen molar-refractivity contribution in [3.8, 4) is 16.9 Å². The monoisotopic (exact) mass is 432 g/mol. The molecule has 166 valence electrons. The second-order valence-corrected chi connectivity index (χ2v) is 7.31. The van der Waals surface area contributed by atoms with Gasteiger partial charge in [0.1, 0.15) is 5.75 Å². The van der Waals surface area contributed by atoms with Crippen LogP contribution < -0.4 is 15.4 Å². The Hall–Kier alpha value is -3.64. The Morgan fingerprint density at radius 3 is 2.22 bits per heavy atom. The van der Waals surface area contributed by atoms with Crippen LogP contribution in [-0.2, 0) is 9.53 Å². The van der Waals surface area contributed by atoms with Gasteiger partial charge in [-0.3, -0.25) is 9.59 Å². The maximum Gasteiger partial charge on any atom is 0.255 e. The van der Waals surface area contributed by atoms with Gasteiger partial charge in [0.25, 0.3) is 5.91 Å². The largest absolute Gasteiger partial charge is 0.495 e. The van der Waals surface area contributed by atoms with Gasteiger partial charge in [0, 0.05) is 31.4 Å². The van der Waals surface area contributed by atoms with Crippen molar-refractivity contribution >= 4 is 23.2 Å². The van der Waals surface area contributed by atoms with Crippen molar-refractivity contribution in [2.45, 2.75) is 19.3 Å². The van der Waals surface area contributed by atoms with E-state index in [0.29, 0.717) is 35.7 Å². The molecule has 3 rings (SSSR count). The van der Waals surface area contributed by atoms with Crippen molar-refractivity contribution in [1.82, 2.24) is 0 Å². The highest BCUT2D eigenvalue weighted by Crippen LogP contribution is 2.28. The zero-order valence-corrected chi connectivity index (χ0v) is 18.4. The van der Waals surface area contributed by atoms with Gasteiger partial charge < -0.3 is 20.1 Å². The second kappa shape index (κ2) is 11.7. The Labute approximate surface area is 188 Å². The van der Waals surface area contributed by atoms with Crippen LogP contribution in [0, 0.1) is 0 Å². The molecule has 0 unspecified atom stereocenters. The molecule has 0 heterocycles. The lowest BCUT2D eigenvalue weighted by molar-refractivity contribution is -0.116. The van der Waals surface area contributed by atoms with E-state index in [1.807, 2.05) is 42.5 Å². The fourth-order valence-corrected chi connectivity index (χ4v) is 3.28. The van der Waals surface area contributed by atoms with Crippen LogP contribution in [0.3, 0.4) is 0 Å². The number of hydrogen-bond donors (Lipinski definition) is 2. The fraction of sp³-hybridized carbons (Fsp3) is 0.231. The third-order valence-electron chi connectivity index (χ3n) is 4.99. The third-order valence-corrected chi connectivity index (χ3v) is 4.99. The van der Waals surface area contributed by atoms with Crippen molar-refractivity contribution in [2.24, 2.45) is 0 Å². The van der Waals surface area contributed by atoms with Gasteiger partial charge in [-0.05, 0) is 54.3 Å². The molecule has 3 aromatic rings. The van der Waals surface area contributed by atoms with Crippen LogP contribution in [0.25, 0.3) is 11.1 Å². The summed E-state index contributed by atoms with van der Waals surface area (Å²) in [5.41, 5.74) is 3.77. The first-order valence-corrected chi connectivity index (χ1v) is 10.5. The lowest BCUT2D eigenvalue weighted by Crippen LogP contribution is -2.14. The highest BCUT2D eigenvalue weighted by Gasteiger charge is 2.12. The molecule has 0 radical (unpaired) electrons. The predicted molar refractivity (Wildman–Crippen MR) is 127 cm³/mol. The number of methoxy groups -OCH3 is 2. The average molecular weight is 433 g/mol. The van der Waals surface area contributed by atoms with Crippen LogP contribution in [0.1, 0.15) is 29.6 Å². The zero-order chi connectivity index (χ0) is 22.8. The van der Waals surface area contributed by atoms with E-state index in [1.165, 1.54) is 7.11 Å². The lowest BCUT2D eigenvalue weighted by atomic mass is 10.0. The number of nitrogens with one attached hydrogen (secondary N) is 2. The van der Waals surface area contributed by atoms with Crippen LogP contribution in [0.4, 0.5) is 11.4 Å². The van der Waals surface area contributed by atoms with Gasteiger partial charge in [-0.15, -0.1) is 0 Å². The normalized spacial score (nSPS) is 10.4. The molecule has 32 heavy (non-hydrogen) atoms. The Balaban J connectivity index is 1.65. The standard InChI is InChI=1S/C26H28N2O4/c1-31-17-7-6-10-25(29)28-23-18-22(15-16-24(23)32-2)27-26(30)21-13-11-20(12-14-21)19-8-4-3-5-9-19/h3-5,8-9,11-16,18H,6-7,10,17H2,1-2H3,(H,27,30)(H,28,29). The van der Waals surface area contributed by atoms with E-state index in [9.17, 15) is 9.59 Å². The van der Waals surface area contributed by atoms with Gasteiger partial charge in [-0.1, -0.05) is 42.5 Å². The molecule has 0 saturated heterocycles. The summed E-state index contributed by atoms with van der Waals surface area (Å²) in [7, 11) is 3.18. The molecule has 6 heteroatoms. The molecule has 0 atom stereocenters. The first-order valence-electron chi connectivity index (χ1n) is 10.5. The van der Waals surface area contributed by atoms with E-state index in [-0.39, 0.29) is 11.8 Å². The van der Waals surface area contributed by atoms with Gasteiger partial charge >= 0.3 is 0 Å². The van der Waals surface area contributed by atoms with E-state index in [1.54, 1.807) is 37.4 Å². The minimum absolute atomic E-state index is 0.112. The predicted octanol–water partition coefficient (Wildman–Crippen LogP) is 5.37. The Kier molecular flexibility index (Phi) is 8.40. The molecule has 2 amide bonds. The number of carbonyl (C=O) groups excluding carboxylic acids is 2. The second-order valence-electron chi connectivity index (χ2n) is 7.31. The van der Waals surface area contributed by atoms with Gasteiger partial charge in [0.15, 0.2) is 0 Å². The summed E-state index contributed by atoms with van der Waals surface area (Å²) in [6.45, 7) is 0.629. The number of rotatable bonds is 10. The Bertz CT molecular complexity index is 1030. The molecule has 0 aliphatic rings. The average Bonchev–Trinajstić information content (AvgIpc) is 2.83. The first-order chi connectivity index (χ1) is 15.6. The summed E-state index contributed by atoms with van der Waals surface area (Å²) in [4.78, 5) is 25.0. The van der Waals surface area contributed by atoms with E-state index in [4.69, 9.17) is 9.47 Å². The molecule has 0 fully saturated rings. The number of hydrogen-bond acceptors (Lipinski definition) is 4. The van der Waals surface area contributed by atoms with Gasteiger partial charge in [-0.2, -0.15) is 0 Å². The molecular weight excluding hydrogens is 404 g/mol. The summed E-state index contributed by atoms with van der Waals surface area (Å²) in [5.74, 6) is 0.187. The van der Waals surface area contributed by atoms with Gasteiger partial charge in [-0.25, -0.2) is 0 Å². The number of ether oxygens (including phenoxy) is 2. The minimum atomic E-state index is -0.230. The number of anilines is 2. The van der Waals surface area contributed by atoms with E-state index in [0.717, 1.165) is 24.0 Å². The van der Waals surface area contributed by atoms with Crippen molar-refractivity contribution in [1.29, 1.82) is 0 Å². The van der Waals surface area contributed by atoms with Crippen LogP contribution in [0.2, 0.25) is 0 Å². The molecule has 0 spiro atoms. The summed E-state index contributed by atoms with van der Waals surface area (Å²) in [5, 5.41) is 5.74. The molecule has 0 aromatic heterocycles. The SMILES string of the molecule is COCCCCC(=O)Nc1cc(NC(=O)c2ccc(-c3ccccc3)cc2)ccc1OC. The van der Waals surface area contributed by atoms with Crippen molar-refractivity contribution < 1.29 is 19.1 Å². The van der Waals surface area contributed by atoms with E-state index >= 15 is 0 Å². The molecule has 0 saturated carbocycles. The maximum absolute atomic E-state index is 12.7. The molecule has 2 N–H and O–H groups in total. The smallest absolute Gasteiger partial charge is 0.255 e. The molecule has 3 aromatic carbocycles. The van der Waals surface area contributed by atoms with E-state index in [2.05, 4.69) is 10.6 Å². The van der Waals surface area contributed by atoms with Crippen LogP contribution in [0.15, 0.2) is 72.8 Å². The molecule has 0 aliphatic heterocycles.